The zero-order valence-electron chi connectivity index (χ0n) is 38.5. The monoisotopic (exact) mass is 880 g/mol. The van der Waals surface area contributed by atoms with Gasteiger partial charge in [0.1, 0.15) is 0 Å². The van der Waals surface area contributed by atoms with E-state index >= 15 is 0 Å². The summed E-state index contributed by atoms with van der Waals surface area (Å²) in [5.41, 5.74) is 0.809. The molecule has 2 atom stereocenters. The van der Waals surface area contributed by atoms with Crippen LogP contribution in [0.5, 0.6) is 23.0 Å². The summed E-state index contributed by atoms with van der Waals surface area (Å²) in [4.78, 5) is 62.2. The Labute approximate surface area is 364 Å². The standard InChI is InChI=1S/C45H68N4O10Si2/c1-44(2,3)60(9,10)58-28-32-18-16-20-48(32)42(52)34-24-38(54-7)40(26-36(34)46-30-50)56-22-14-13-15-23-57-41-27-37(47-31-51)35(25-39(41)55-8)43(53)49-21-17-19-33(49)29-59-61(11,12)45(4,5)6/h24-27,32-33H,13-23,28-29H2,1-12H3/t32-,33-/m0/s1. The molecule has 0 radical (unpaired) electrons. The summed E-state index contributed by atoms with van der Waals surface area (Å²) in [6, 6.07) is 6.09. The largest absolute Gasteiger partial charge is 0.493 e. The van der Waals surface area contributed by atoms with Crippen molar-refractivity contribution in [3.8, 4) is 23.0 Å². The molecule has 0 spiro atoms. The number of unbranched alkanes of at least 4 members (excludes halogenated alkanes) is 2. The van der Waals surface area contributed by atoms with Gasteiger partial charge in [-0.15, -0.1) is 0 Å². The van der Waals surface area contributed by atoms with E-state index in [0.29, 0.717) is 75.4 Å². The van der Waals surface area contributed by atoms with Crippen molar-refractivity contribution in [2.24, 2.45) is 9.98 Å². The number of nitrogens with zero attached hydrogens (tertiary/aromatic N) is 4. The Hall–Kier alpha value is -4.31. The third kappa shape index (κ3) is 12.4. The molecule has 14 nitrogen and oxygen atoms in total. The Bertz CT molecular complexity index is 1810. The molecule has 0 unspecified atom stereocenters. The van der Waals surface area contributed by atoms with Crippen LogP contribution in [0.1, 0.15) is 107 Å². The third-order valence-electron chi connectivity index (χ3n) is 12.8. The van der Waals surface area contributed by atoms with Gasteiger partial charge in [0.15, 0.2) is 39.6 Å². The molecule has 4 rings (SSSR count). The lowest BCUT2D eigenvalue weighted by Crippen LogP contribution is -2.46. The number of hydrogen-bond acceptors (Lipinski definition) is 12. The number of isocyanates is 2. The molecular weight excluding hydrogens is 813 g/mol. The number of carbonyl (C=O) groups is 2. The van der Waals surface area contributed by atoms with Crippen LogP contribution in [0.4, 0.5) is 11.4 Å². The summed E-state index contributed by atoms with van der Waals surface area (Å²) in [6.07, 6.45) is 8.60. The minimum absolute atomic E-state index is 0.0480. The molecule has 61 heavy (non-hydrogen) atoms. The van der Waals surface area contributed by atoms with Gasteiger partial charge in [-0.2, -0.15) is 9.98 Å². The van der Waals surface area contributed by atoms with Gasteiger partial charge in [0.2, 0.25) is 12.2 Å². The van der Waals surface area contributed by atoms with Gasteiger partial charge >= 0.3 is 0 Å². The molecule has 2 fully saturated rings. The van der Waals surface area contributed by atoms with Crippen LogP contribution >= 0.6 is 0 Å². The number of amides is 2. The van der Waals surface area contributed by atoms with Crippen LogP contribution < -0.4 is 18.9 Å². The Morgan fingerprint density at radius 3 is 1.34 bits per heavy atom. The fraction of sp³-hybridized carbons (Fsp3) is 0.644. The first-order chi connectivity index (χ1) is 28.7. The van der Waals surface area contributed by atoms with Gasteiger partial charge in [-0.25, -0.2) is 9.59 Å². The fourth-order valence-corrected chi connectivity index (χ4v) is 9.00. The van der Waals surface area contributed by atoms with Crippen molar-refractivity contribution in [3.05, 3.63) is 35.4 Å². The number of carbonyl (C=O) groups excluding carboxylic acids is 4. The van der Waals surface area contributed by atoms with Crippen LogP contribution in [0, 0.1) is 0 Å². The number of likely N-dealkylation sites (tertiary alicyclic amines) is 2. The summed E-state index contributed by atoms with van der Waals surface area (Å²) in [5, 5.41) is 0.0960. The number of ether oxygens (including phenoxy) is 4. The van der Waals surface area contributed by atoms with Crippen LogP contribution in [0.3, 0.4) is 0 Å². The first-order valence-corrected chi connectivity index (χ1v) is 27.3. The normalized spacial score (nSPS) is 17.1. The van der Waals surface area contributed by atoms with Gasteiger partial charge in [0, 0.05) is 25.2 Å². The molecule has 16 heteroatoms. The molecule has 2 aromatic rings. The second kappa shape index (κ2) is 21.2. The van der Waals surface area contributed by atoms with Crippen molar-refractivity contribution in [1.82, 2.24) is 9.80 Å². The Morgan fingerprint density at radius 1 is 0.639 bits per heavy atom. The van der Waals surface area contributed by atoms with Crippen LogP contribution in [-0.4, -0.2) is 116 Å². The summed E-state index contributed by atoms with van der Waals surface area (Å²) in [5.74, 6) is 0.931. The maximum atomic E-state index is 13.9. The SMILES string of the molecule is COc1cc(C(=O)N2CCC[C@H]2CO[Si](C)(C)C(C)(C)C)c(N=C=O)cc1OCCCCCOc1cc(N=C=O)c(C(=O)N2CCC[C@H]2CO[Si](C)(C)C(C)(C)C)cc1OC. The minimum atomic E-state index is -2.02. The van der Waals surface area contributed by atoms with E-state index in [1.54, 1.807) is 36.4 Å². The first kappa shape index (κ1) is 49.4. The second-order valence-corrected chi connectivity index (χ2v) is 28.6. The minimum Gasteiger partial charge on any atom is -0.493 e. The van der Waals surface area contributed by atoms with Crippen molar-refractivity contribution in [3.63, 3.8) is 0 Å². The van der Waals surface area contributed by atoms with Gasteiger partial charge in [0.05, 0.1) is 75.2 Å². The molecule has 2 aliphatic heterocycles. The van der Waals surface area contributed by atoms with Crippen molar-refractivity contribution < 1.29 is 47.0 Å². The maximum Gasteiger partial charge on any atom is 0.256 e. The molecule has 0 aromatic heterocycles. The summed E-state index contributed by atoms with van der Waals surface area (Å²) in [7, 11) is -1.03. The molecule has 0 bridgehead atoms. The highest BCUT2D eigenvalue weighted by atomic mass is 28.4. The van der Waals surface area contributed by atoms with Gasteiger partial charge in [-0.3, -0.25) is 9.59 Å². The number of hydrogen-bond donors (Lipinski definition) is 0. The van der Waals surface area contributed by atoms with E-state index in [-0.39, 0.29) is 56.5 Å². The van der Waals surface area contributed by atoms with Crippen molar-refractivity contribution >= 4 is 52.0 Å². The highest BCUT2D eigenvalue weighted by Crippen LogP contribution is 2.41. The highest BCUT2D eigenvalue weighted by Gasteiger charge is 2.41. The number of methoxy groups -OCH3 is 2. The number of benzene rings is 2. The average Bonchev–Trinajstić information content (AvgIpc) is 3.88. The Balaban J connectivity index is 1.35. The molecular formula is C45H68N4O10Si2. The topological polar surface area (TPSA) is 155 Å². The predicted molar refractivity (Wildman–Crippen MR) is 241 cm³/mol. The van der Waals surface area contributed by atoms with E-state index in [2.05, 4.69) is 77.7 Å². The van der Waals surface area contributed by atoms with Gasteiger partial charge in [-0.05, 0) is 93.3 Å². The van der Waals surface area contributed by atoms with Crippen molar-refractivity contribution in [1.29, 1.82) is 0 Å². The van der Waals surface area contributed by atoms with Crippen LogP contribution in [0.15, 0.2) is 34.3 Å². The second-order valence-electron chi connectivity index (χ2n) is 18.9. The maximum absolute atomic E-state index is 13.9. The molecule has 2 amide bonds. The fourth-order valence-electron chi connectivity index (χ4n) is 6.92. The first-order valence-electron chi connectivity index (χ1n) is 21.4. The van der Waals surface area contributed by atoms with Gasteiger partial charge in [0.25, 0.3) is 11.8 Å². The lowest BCUT2D eigenvalue weighted by atomic mass is 10.1. The molecule has 2 aliphatic rings. The molecule has 0 saturated carbocycles. The summed E-state index contributed by atoms with van der Waals surface area (Å²) >= 11 is 0. The molecule has 0 N–H and O–H groups in total. The lowest BCUT2D eigenvalue weighted by Gasteiger charge is -2.38. The molecule has 0 aliphatic carbocycles. The van der Waals surface area contributed by atoms with Crippen molar-refractivity contribution in [2.45, 2.75) is 135 Å². The quantitative estimate of drug-likeness (QED) is 0.0544. The summed E-state index contributed by atoms with van der Waals surface area (Å²) < 4.78 is 36.4. The van der Waals surface area contributed by atoms with Crippen LogP contribution in [-0.2, 0) is 18.4 Å². The number of rotatable bonds is 20. The van der Waals surface area contributed by atoms with E-state index in [1.165, 1.54) is 14.2 Å². The molecule has 2 aromatic carbocycles. The molecule has 2 saturated heterocycles. The van der Waals surface area contributed by atoms with Crippen molar-refractivity contribution in [2.75, 3.05) is 53.7 Å². The smallest absolute Gasteiger partial charge is 0.256 e. The van der Waals surface area contributed by atoms with E-state index in [4.69, 9.17) is 27.8 Å². The molecule has 336 valence electrons. The third-order valence-corrected chi connectivity index (χ3v) is 21.8. The summed E-state index contributed by atoms with van der Waals surface area (Å²) in [6.45, 7) is 24.7. The Morgan fingerprint density at radius 2 is 1.02 bits per heavy atom. The number of aliphatic imine (C=N–C) groups is 2. The lowest BCUT2D eigenvalue weighted by molar-refractivity contribution is 0.0678. The predicted octanol–water partition coefficient (Wildman–Crippen LogP) is 9.52. The van der Waals surface area contributed by atoms with E-state index < -0.39 is 16.6 Å². The van der Waals surface area contributed by atoms with Gasteiger partial charge < -0.3 is 37.6 Å². The van der Waals surface area contributed by atoms with Gasteiger partial charge in [-0.1, -0.05) is 41.5 Å². The zero-order valence-corrected chi connectivity index (χ0v) is 40.5. The van der Waals surface area contributed by atoms with Crippen LogP contribution in [0.2, 0.25) is 36.3 Å². The van der Waals surface area contributed by atoms with E-state index in [9.17, 15) is 19.2 Å². The van der Waals surface area contributed by atoms with Crippen LogP contribution in [0.25, 0.3) is 0 Å². The molecule has 2 heterocycles. The zero-order chi connectivity index (χ0) is 45.2. The Kier molecular flexibility index (Phi) is 17.1. The van der Waals surface area contributed by atoms with E-state index in [1.807, 2.05) is 9.80 Å². The van der Waals surface area contributed by atoms with E-state index in [0.717, 1.165) is 32.1 Å². The average molecular weight is 881 g/mol. The highest BCUT2D eigenvalue weighted by molar-refractivity contribution is 6.74.